The van der Waals surface area contributed by atoms with Gasteiger partial charge in [-0.25, -0.2) is 0 Å². The molecule has 1 fully saturated rings. The second kappa shape index (κ2) is 4.92. The predicted molar refractivity (Wildman–Crippen MR) is 59.3 cm³/mol. The molecule has 1 rings (SSSR count). The average molecular weight is 197 g/mol. The molecule has 0 bridgehead atoms. The maximum atomic E-state index is 11.7. The van der Waals surface area contributed by atoms with Crippen LogP contribution in [0.5, 0.6) is 0 Å². The highest BCUT2D eigenvalue weighted by Crippen LogP contribution is 2.22. The summed E-state index contributed by atoms with van der Waals surface area (Å²) in [5.74, 6) is 1.07. The topological polar surface area (TPSA) is 20.3 Å². The van der Waals surface area contributed by atoms with Gasteiger partial charge < -0.3 is 0 Å². The number of carbonyl (C=O) groups excluding carboxylic acids is 1. The number of nitrogens with zero attached hydrogens (tertiary/aromatic N) is 1. The van der Waals surface area contributed by atoms with Crippen LogP contribution in [0.4, 0.5) is 0 Å². The molecular formula is C12H23NO. The lowest BCUT2D eigenvalue weighted by Crippen LogP contribution is -2.46. The van der Waals surface area contributed by atoms with Gasteiger partial charge in [-0.2, -0.15) is 0 Å². The van der Waals surface area contributed by atoms with Gasteiger partial charge in [0.25, 0.3) is 0 Å². The Morgan fingerprint density at radius 3 is 2.43 bits per heavy atom. The molecule has 0 radical (unpaired) electrons. The summed E-state index contributed by atoms with van der Waals surface area (Å²) in [4.78, 5) is 14.0. The Labute approximate surface area is 87.7 Å². The number of carbonyl (C=O) groups is 1. The van der Waals surface area contributed by atoms with Crippen molar-refractivity contribution in [2.45, 2.75) is 58.5 Å². The quantitative estimate of drug-likeness (QED) is 0.692. The van der Waals surface area contributed by atoms with Gasteiger partial charge in [0.1, 0.15) is 5.78 Å². The van der Waals surface area contributed by atoms with Gasteiger partial charge in [-0.05, 0) is 32.7 Å². The maximum absolute atomic E-state index is 11.7. The highest BCUT2D eigenvalue weighted by molar-refractivity contribution is 5.84. The summed E-state index contributed by atoms with van der Waals surface area (Å²) >= 11 is 0. The van der Waals surface area contributed by atoms with Crippen LogP contribution in [0.15, 0.2) is 0 Å². The summed E-state index contributed by atoms with van der Waals surface area (Å²) in [6.45, 7) is 6.65. The molecule has 2 nitrogen and oxygen atoms in total. The van der Waals surface area contributed by atoms with Crippen LogP contribution in [0.1, 0.15) is 46.5 Å². The van der Waals surface area contributed by atoms with E-state index in [0.29, 0.717) is 17.7 Å². The molecule has 0 spiro atoms. The van der Waals surface area contributed by atoms with Gasteiger partial charge in [0, 0.05) is 12.5 Å². The standard InChI is InChI=1S/C12H23NO/c1-9(2)10(3)13(4)11-7-5-6-8-12(11)14/h9-11H,5-8H2,1-4H3. The first-order valence-electron chi connectivity index (χ1n) is 5.78. The highest BCUT2D eigenvalue weighted by Gasteiger charge is 2.29. The number of hydrogen-bond donors (Lipinski definition) is 0. The molecular weight excluding hydrogens is 174 g/mol. The predicted octanol–water partition coefficient (Wildman–Crippen LogP) is 2.47. The van der Waals surface area contributed by atoms with Crippen LogP contribution in [0, 0.1) is 5.92 Å². The molecule has 0 aromatic rings. The van der Waals surface area contributed by atoms with Crippen molar-refractivity contribution in [2.24, 2.45) is 5.92 Å². The largest absolute Gasteiger partial charge is 0.298 e. The minimum Gasteiger partial charge on any atom is -0.298 e. The Morgan fingerprint density at radius 1 is 1.29 bits per heavy atom. The number of hydrogen-bond acceptors (Lipinski definition) is 2. The second-order valence-electron chi connectivity index (χ2n) is 4.88. The molecule has 0 amide bonds. The van der Waals surface area contributed by atoms with Crippen molar-refractivity contribution < 1.29 is 4.79 Å². The van der Waals surface area contributed by atoms with E-state index in [9.17, 15) is 4.79 Å². The summed E-state index contributed by atoms with van der Waals surface area (Å²) in [5.41, 5.74) is 0. The Morgan fingerprint density at radius 2 is 1.93 bits per heavy atom. The molecule has 2 atom stereocenters. The van der Waals surface area contributed by atoms with Crippen LogP contribution < -0.4 is 0 Å². The van der Waals surface area contributed by atoms with E-state index in [1.807, 2.05) is 0 Å². The van der Waals surface area contributed by atoms with Crippen LogP contribution in [-0.4, -0.2) is 29.8 Å². The zero-order valence-corrected chi connectivity index (χ0v) is 9.92. The van der Waals surface area contributed by atoms with Crippen molar-refractivity contribution in [3.8, 4) is 0 Å². The van der Waals surface area contributed by atoms with Crippen molar-refractivity contribution in [3.63, 3.8) is 0 Å². The molecule has 14 heavy (non-hydrogen) atoms. The van der Waals surface area contributed by atoms with E-state index in [2.05, 4.69) is 32.7 Å². The van der Waals surface area contributed by atoms with Crippen LogP contribution in [0.25, 0.3) is 0 Å². The van der Waals surface area contributed by atoms with Crippen molar-refractivity contribution >= 4 is 5.78 Å². The third kappa shape index (κ3) is 2.57. The van der Waals surface area contributed by atoms with Crippen molar-refractivity contribution in [3.05, 3.63) is 0 Å². The lowest BCUT2D eigenvalue weighted by Gasteiger charge is -2.36. The van der Waals surface area contributed by atoms with Gasteiger partial charge in [-0.3, -0.25) is 9.69 Å². The zero-order valence-electron chi connectivity index (χ0n) is 9.92. The van der Waals surface area contributed by atoms with Crippen LogP contribution in [0.2, 0.25) is 0 Å². The van der Waals surface area contributed by atoms with E-state index in [1.165, 1.54) is 6.42 Å². The second-order valence-corrected chi connectivity index (χ2v) is 4.88. The third-order valence-electron chi connectivity index (χ3n) is 3.62. The smallest absolute Gasteiger partial charge is 0.149 e. The molecule has 2 unspecified atom stereocenters. The molecule has 1 aliphatic carbocycles. The molecule has 1 aliphatic rings. The van der Waals surface area contributed by atoms with Crippen LogP contribution in [-0.2, 0) is 4.79 Å². The summed E-state index contributed by atoms with van der Waals surface area (Å²) < 4.78 is 0. The van der Waals surface area contributed by atoms with Crippen molar-refractivity contribution in [1.82, 2.24) is 4.90 Å². The number of ketones is 1. The summed E-state index contributed by atoms with van der Waals surface area (Å²) in [7, 11) is 2.10. The van der Waals surface area contributed by atoms with Crippen LogP contribution >= 0.6 is 0 Å². The van der Waals surface area contributed by atoms with E-state index < -0.39 is 0 Å². The van der Waals surface area contributed by atoms with Crippen molar-refractivity contribution in [2.75, 3.05) is 7.05 Å². The van der Waals surface area contributed by atoms with Crippen LogP contribution in [0.3, 0.4) is 0 Å². The fourth-order valence-corrected chi connectivity index (χ4v) is 2.15. The van der Waals surface area contributed by atoms with Gasteiger partial charge in [0.2, 0.25) is 0 Å². The van der Waals surface area contributed by atoms with E-state index >= 15 is 0 Å². The van der Waals surface area contributed by atoms with Gasteiger partial charge in [0.05, 0.1) is 6.04 Å². The lowest BCUT2D eigenvalue weighted by atomic mass is 9.91. The molecule has 0 aromatic heterocycles. The first-order valence-corrected chi connectivity index (χ1v) is 5.78. The van der Waals surface area contributed by atoms with Gasteiger partial charge in [0.15, 0.2) is 0 Å². The monoisotopic (exact) mass is 197 g/mol. The maximum Gasteiger partial charge on any atom is 0.149 e. The molecule has 0 heterocycles. The van der Waals surface area contributed by atoms with E-state index in [4.69, 9.17) is 0 Å². The molecule has 0 saturated heterocycles. The van der Waals surface area contributed by atoms with Gasteiger partial charge in [-0.1, -0.05) is 20.3 Å². The summed E-state index contributed by atoms with van der Waals surface area (Å²) in [6.07, 6.45) is 4.16. The zero-order chi connectivity index (χ0) is 10.7. The fraction of sp³-hybridized carbons (Fsp3) is 0.917. The number of rotatable bonds is 3. The lowest BCUT2D eigenvalue weighted by molar-refractivity contribution is -0.126. The summed E-state index contributed by atoms with van der Waals surface area (Å²) in [5, 5.41) is 0. The summed E-state index contributed by atoms with van der Waals surface area (Å²) in [6, 6.07) is 0.697. The number of likely N-dealkylation sites (N-methyl/N-ethyl adjacent to an activating group) is 1. The van der Waals surface area contributed by atoms with Gasteiger partial charge >= 0.3 is 0 Å². The third-order valence-corrected chi connectivity index (χ3v) is 3.62. The van der Waals surface area contributed by atoms with E-state index in [-0.39, 0.29) is 6.04 Å². The van der Waals surface area contributed by atoms with Crippen molar-refractivity contribution in [1.29, 1.82) is 0 Å². The fourth-order valence-electron chi connectivity index (χ4n) is 2.15. The molecule has 0 N–H and O–H groups in total. The first kappa shape index (κ1) is 11.7. The average Bonchev–Trinajstić information content (AvgIpc) is 2.16. The number of Topliss-reactive ketones (excluding diaryl/α,β-unsaturated/α-hetero) is 1. The molecule has 1 saturated carbocycles. The minimum absolute atomic E-state index is 0.196. The Hall–Kier alpha value is -0.370. The highest BCUT2D eigenvalue weighted by atomic mass is 16.1. The molecule has 0 aliphatic heterocycles. The Kier molecular flexibility index (Phi) is 4.11. The Bertz CT molecular complexity index is 200. The Balaban J connectivity index is 2.57. The molecule has 2 heteroatoms. The SMILES string of the molecule is CC(C)C(C)N(C)C1CCCCC1=O. The first-order chi connectivity index (χ1) is 6.54. The normalized spacial score (nSPS) is 25.9. The van der Waals surface area contributed by atoms with E-state index in [0.717, 1.165) is 19.3 Å². The minimum atomic E-state index is 0.196. The molecule has 82 valence electrons. The van der Waals surface area contributed by atoms with E-state index in [1.54, 1.807) is 0 Å². The molecule has 0 aromatic carbocycles. The van der Waals surface area contributed by atoms with Gasteiger partial charge in [-0.15, -0.1) is 0 Å².